The molecule has 0 aromatic rings. The fraction of sp³-hybridized carbons (Fsp3) is 1.00. The summed E-state index contributed by atoms with van der Waals surface area (Å²) in [7, 11) is -4.22. The second kappa shape index (κ2) is 17.9. The maximum Gasteiger partial charge on any atom is 0.397 e. The molecule has 0 saturated carbocycles. The highest BCUT2D eigenvalue weighted by atomic mass is 32.3. The molecule has 27 heavy (non-hydrogen) atoms. The van der Waals surface area contributed by atoms with Crippen molar-refractivity contribution in [1.29, 1.82) is 0 Å². The van der Waals surface area contributed by atoms with Crippen molar-refractivity contribution in [3.05, 3.63) is 0 Å². The van der Waals surface area contributed by atoms with Gasteiger partial charge in [0.25, 0.3) is 0 Å². The van der Waals surface area contributed by atoms with E-state index in [1.54, 1.807) is 0 Å². The minimum absolute atomic E-state index is 0.00339. The Balaban J connectivity index is 0. The zero-order valence-corrected chi connectivity index (χ0v) is 19.5. The van der Waals surface area contributed by atoms with Crippen LogP contribution in [0.4, 0.5) is 0 Å². The quantitative estimate of drug-likeness (QED) is 0.231. The van der Waals surface area contributed by atoms with Crippen LogP contribution >= 0.6 is 0 Å². The van der Waals surface area contributed by atoms with Crippen molar-refractivity contribution >= 4 is 10.4 Å². The topological polar surface area (TPSA) is 89.6 Å². The molecule has 0 saturated heterocycles. The van der Waals surface area contributed by atoms with Crippen LogP contribution in [0.3, 0.4) is 0 Å². The predicted molar refractivity (Wildman–Crippen MR) is 116 cm³/mol. The van der Waals surface area contributed by atoms with Crippen LogP contribution in [0, 0.1) is 5.92 Å². The molecule has 0 aliphatic carbocycles. The van der Waals surface area contributed by atoms with Crippen LogP contribution < -0.4 is 5.73 Å². The minimum atomic E-state index is -4.22. The molecule has 0 heterocycles. The van der Waals surface area contributed by atoms with Crippen LogP contribution in [-0.2, 0) is 14.6 Å². The number of hydrogen-bond acceptors (Lipinski definition) is 4. The molecule has 0 aromatic heterocycles. The summed E-state index contributed by atoms with van der Waals surface area (Å²) in [4.78, 5) is 0. The predicted octanol–water partition coefficient (Wildman–Crippen LogP) is 6.28. The van der Waals surface area contributed by atoms with Gasteiger partial charge in [-0.25, -0.2) is 4.18 Å². The fourth-order valence-electron chi connectivity index (χ4n) is 2.65. The highest BCUT2D eigenvalue weighted by Gasteiger charge is 2.19. The molecule has 0 aliphatic heterocycles. The first-order valence-corrected chi connectivity index (χ1v) is 12.3. The van der Waals surface area contributed by atoms with Crippen LogP contribution in [0.2, 0.25) is 0 Å². The van der Waals surface area contributed by atoms with Gasteiger partial charge in [-0.05, 0) is 32.6 Å². The maximum absolute atomic E-state index is 10.1. The summed E-state index contributed by atoms with van der Waals surface area (Å²) in [5, 5.41) is 0. The summed E-state index contributed by atoms with van der Waals surface area (Å²) in [5.74, 6) is 0.647. The molecule has 3 N–H and O–H groups in total. The molecule has 0 bridgehead atoms. The number of unbranched alkanes of at least 4 members (excludes halogenated alkanes) is 10. The lowest BCUT2D eigenvalue weighted by atomic mass is 9.86. The minimum Gasteiger partial charge on any atom is -0.325 e. The molecule has 166 valence electrons. The standard InChI is InChI=1S/C13H29N.C8H18O4S/c1-5-6-7-8-9-10-11-12(2)13(3,4)14;1-2-3-4-5-6-7-8-12-13(9,10)11/h12H,5-11,14H2,1-4H3;2-8H2,1H3,(H,9,10,11). The van der Waals surface area contributed by atoms with E-state index in [1.165, 1.54) is 64.2 Å². The molecule has 0 aromatic carbocycles. The Hall–Kier alpha value is -0.170. The van der Waals surface area contributed by atoms with E-state index >= 15 is 0 Å². The maximum atomic E-state index is 10.1. The second-order valence-electron chi connectivity index (χ2n) is 8.30. The summed E-state index contributed by atoms with van der Waals surface area (Å²) < 4.78 is 32.6. The largest absolute Gasteiger partial charge is 0.397 e. The number of rotatable bonds is 16. The Bertz CT molecular complexity index is 405. The van der Waals surface area contributed by atoms with Crippen molar-refractivity contribution in [2.45, 2.75) is 124 Å². The normalized spacial score (nSPS) is 13.1. The highest BCUT2D eigenvalue weighted by Crippen LogP contribution is 2.20. The van der Waals surface area contributed by atoms with Crippen molar-refractivity contribution in [2.24, 2.45) is 11.7 Å². The third-order valence-corrected chi connectivity index (χ3v) is 5.46. The Labute approximate surface area is 169 Å². The van der Waals surface area contributed by atoms with Crippen LogP contribution in [0.25, 0.3) is 0 Å². The van der Waals surface area contributed by atoms with Crippen molar-refractivity contribution in [1.82, 2.24) is 0 Å². The molecule has 6 heteroatoms. The Morgan fingerprint density at radius 2 is 1.26 bits per heavy atom. The lowest BCUT2D eigenvalue weighted by molar-refractivity contribution is 0.261. The van der Waals surface area contributed by atoms with Gasteiger partial charge in [0.2, 0.25) is 0 Å². The van der Waals surface area contributed by atoms with E-state index in [9.17, 15) is 8.42 Å². The van der Waals surface area contributed by atoms with Gasteiger partial charge in [-0.15, -0.1) is 0 Å². The molecular weight excluding hydrogens is 362 g/mol. The molecule has 1 atom stereocenters. The first-order valence-electron chi connectivity index (χ1n) is 10.9. The van der Waals surface area contributed by atoms with Gasteiger partial charge in [0.05, 0.1) is 6.61 Å². The van der Waals surface area contributed by atoms with Crippen molar-refractivity contribution in [2.75, 3.05) is 6.61 Å². The van der Waals surface area contributed by atoms with Crippen molar-refractivity contribution < 1.29 is 17.2 Å². The van der Waals surface area contributed by atoms with E-state index in [-0.39, 0.29) is 12.1 Å². The number of nitrogens with two attached hydrogens (primary N) is 1. The summed E-state index contributed by atoms with van der Waals surface area (Å²) in [5.41, 5.74) is 6.04. The van der Waals surface area contributed by atoms with E-state index in [0.717, 1.165) is 12.8 Å². The lowest BCUT2D eigenvalue weighted by Gasteiger charge is -2.27. The third kappa shape index (κ3) is 25.8. The van der Waals surface area contributed by atoms with Crippen LogP contribution in [0.5, 0.6) is 0 Å². The van der Waals surface area contributed by atoms with E-state index in [2.05, 4.69) is 38.8 Å². The molecule has 0 amide bonds. The molecular formula is C21H47NO4S. The zero-order valence-electron chi connectivity index (χ0n) is 18.6. The van der Waals surface area contributed by atoms with Crippen molar-refractivity contribution in [3.63, 3.8) is 0 Å². The highest BCUT2D eigenvalue weighted by molar-refractivity contribution is 7.80. The van der Waals surface area contributed by atoms with Gasteiger partial charge >= 0.3 is 10.4 Å². The zero-order chi connectivity index (χ0) is 21.2. The first-order chi connectivity index (χ1) is 12.5. The fourth-order valence-corrected chi connectivity index (χ4v) is 2.98. The third-order valence-electron chi connectivity index (χ3n) is 4.99. The Morgan fingerprint density at radius 1 is 0.852 bits per heavy atom. The molecule has 0 aliphatic rings. The molecule has 0 fully saturated rings. The van der Waals surface area contributed by atoms with Crippen molar-refractivity contribution in [3.8, 4) is 0 Å². The van der Waals surface area contributed by atoms with Gasteiger partial charge in [-0.3, -0.25) is 4.55 Å². The summed E-state index contributed by atoms with van der Waals surface area (Å²) in [6.45, 7) is 11.0. The van der Waals surface area contributed by atoms with Gasteiger partial charge in [-0.2, -0.15) is 8.42 Å². The van der Waals surface area contributed by atoms with Gasteiger partial charge in [-0.1, -0.05) is 91.4 Å². The van der Waals surface area contributed by atoms with E-state index in [0.29, 0.717) is 12.3 Å². The summed E-state index contributed by atoms with van der Waals surface area (Å²) >= 11 is 0. The Morgan fingerprint density at radius 3 is 1.67 bits per heavy atom. The van der Waals surface area contributed by atoms with Crippen LogP contribution in [0.15, 0.2) is 0 Å². The average molecular weight is 410 g/mol. The van der Waals surface area contributed by atoms with Crippen LogP contribution in [0.1, 0.15) is 118 Å². The van der Waals surface area contributed by atoms with Gasteiger partial charge in [0.1, 0.15) is 0 Å². The summed E-state index contributed by atoms with van der Waals surface area (Å²) in [6, 6.07) is 0. The average Bonchev–Trinajstić information content (AvgIpc) is 2.56. The molecule has 0 radical (unpaired) electrons. The smallest absolute Gasteiger partial charge is 0.325 e. The first kappa shape index (κ1) is 29.0. The monoisotopic (exact) mass is 409 g/mol. The van der Waals surface area contributed by atoms with E-state index in [4.69, 9.17) is 10.3 Å². The SMILES string of the molecule is CCCCCCCCC(C)C(C)(C)N.CCCCCCCCOS(=O)(=O)O. The molecule has 5 nitrogen and oxygen atoms in total. The number of hydrogen-bond donors (Lipinski definition) is 2. The molecule has 0 rings (SSSR count). The second-order valence-corrected chi connectivity index (χ2v) is 9.39. The molecule has 1 unspecified atom stereocenters. The Kier molecular flexibility index (Phi) is 19.2. The lowest BCUT2D eigenvalue weighted by Crippen LogP contribution is -2.39. The van der Waals surface area contributed by atoms with E-state index < -0.39 is 10.4 Å². The molecule has 0 spiro atoms. The summed E-state index contributed by atoms with van der Waals surface area (Å²) in [6.07, 6.45) is 15.9. The van der Waals surface area contributed by atoms with E-state index in [1.807, 2.05) is 0 Å². The van der Waals surface area contributed by atoms with Gasteiger partial charge in [0.15, 0.2) is 0 Å². The van der Waals surface area contributed by atoms with Gasteiger partial charge in [0, 0.05) is 5.54 Å². The van der Waals surface area contributed by atoms with Gasteiger partial charge < -0.3 is 5.73 Å². The van der Waals surface area contributed by atoms with Crippen LogP contribution in [-0.4, -0.2) is 25.1 Å².